The van der Waals surface area contributed by atoms with Crippen LogP contribution < -0.4 is 5.56 Å². The zero-order chi connectivity index (χ0) is 19.6. The molecule has 0 fully saturated rings. The minimum Gasteiger partial charge on any atom is -0.302 e. The highest BCUT2D eigenvalue weighted by molar-refractivity contribution is 7.19. The van der Waals surface area contributed by atoms with E-state index in [-0.39, 0.29) is 11.5 Å². The average Bonchev–Trinajstić information content (AvgIpc) is 3.00. The SMILES string of the molecule is CCN(CC)CCn1c(C(C)C)nc2sc(C)c(-c3ccccc3)c2c1=O. The number of rotatable bonds is 7. The molecule has 0 bridgehead atoms. The van der Waals surface area contributed by atoms with E-state index >= 15 is 0 Å². The summed E-state index contributed by atoms with van der Waals surface area (Å²) in [6, 6.07) is 10.2. The fourth-order valence-electron chi connectivity index (χ4n) is 3.60. The first-order valence-corrected chi connectivity index (χ1v) is 10.6. The van der Waals surface area contributed by atoms with Crippen LogP contribution in [0.4, 0.5) is 0 Å². The van der Waals surface area contributed by atoms with Crippen molar-refractivity contribution in [1.82, 2.24) is 14.5 Å². The molecule has 0 aliphatic rings. The first-order valence-electron chi connectivity index (χ1n) is 9.79. The summed E-state index contributed by atoms with van der Waals surface area (Å²) < 4.78 is 1.91. The summed E-state index contributed by atoms with van der Waals surface area (Å²) in [5, 5.41) is 0.771. The molecule has 0 saturated carbocycles. The van der Waals surface area contributed by atoms with Gasteiger partial charge >= 0.3 is 0 Å². The van der Waals surface area contributed by atoms with Crippen LogP contribution in [-0.4, -0.2) is 34.1 Å². The van der Waals surface area contributed by atoms with Gasteiger partial charge in [0.1, 0.15) is 10.7 Å². The van der Waals surface area contributed by atoms with Gasteiger partial charge in [-0.2, -0.15) is 0 Å². The maximum Gasteiger partial charge on any atom is 0.262 e. The number of benzene rings is 1. The summed E-state index contributed by atoms with van der Waals surface area (Å²) in [7, 11) is 0. The van der Waals surface area contributed by atoms with Crippen molar-refractivity contribution >= 4 is 21.6 Å². The van der Waals surface area contributed by atoms with E-state index in [1.165, 1.54) is 0 Å². The van der Waals surface area contributed by atoms with Crippen molar-refractivity contribution in [1.29, 1.82) is 0 Å². The molecule has 0 N–H and O–H groups in total. The molecule has 0 aliphatic heterocycles. The van der Waals surface area contributed by atoms with Crippen LogP contribution in [0.5, 0.6) is 0 Å². The van der Waals surface area contributed by atoms with Crippen molar-refractivity contribution in [2.24, 2.45) is 0 Å². The predicted octanol–water partition coefficient (Wildman–Crippen LogP) is 4.90. The molecule has 144 valence electrons. The molecule has 0 radical (unpaired) electrons. The second-order valence-electron chi connectivity index (χ2n) is 7.19. The molecule has 2 heterocycles. The number of thiophene rings is 1. The van der Waals surface area contributed by atoms with E-state index < -0.39 is 0 Å². The molecule has 5 heteroatoms. The van der Waals surface area contributed by atoms with Crippen molar-refractivity contribution in [2.45, 2.75) is 47.1 Å². The predicted molar refractivity (Wildman–Crippen MR) is 116 cm³/mol. The van der Waals surface area contributed by atoms with Gasteiger partial charge < -0.3 is 4.90 Å². The van der Waals surface area contributed by atoms with Crippen LogP contribution in [0.2, 0.25) is 0 Å². The van der Waals surface area contributed by atoms with Gasteiger partial charge in [-0.15, -0.1) is 11.3 Å². The Hall–Kier alpha value is -1.98. The van der Waals surface area contributed by atoms with Gasteiger partial charge in [0, 0.05) is 29.4 Å². The lowest BCUT2D eigenvalue weighted by molar-refractivity contribution is 0.286. The van der Waals surface area contributed by atoms with Crippen molar-refractivity contribution in [3.8, 4) is 11.1 Å². The second-order valence-corrected chi connectivity index (χ2v) is 8.39. The molecule has 0 unspecified atom stereocenters. The summed E-state index contributed by atoms with van der Waals surface area (Å²) >= 11 is 1.63. The molecule has 3 aromatic rings. The Morgan fingerprint density at radius 2 is 1.81 bits per heavy atom. The van der Waals surface area contributed by atoms with Crippen LogP contribution in [0, 0.1) is 6.92 Å². The van der Waals surface area contributed by atoms with E-state index in [2.05, 4.69) is 51.7 Å². The average molecular weight is 384 g/mol. The number of hydrogen-bond donors (Lipinski definition) is 0. The number of fused-ring (bicyclic) bond motifs is 1. The Morgan fingerprint density at radius 1 is 1.15 bits per heavy atom. The summed E-state index contributed by atoms with van der Waals surface area (Å²) in [6.45, 7) is 14.2. The molecule has 0 atom stereocenters. The van der Waals surface area contributed by atoms with E-state index in [0.29, 0.717) is 6.54 Å². The Bertz CT molecular complexity index is 969. The monoisotopic (exact) mass is 383 g/mol. The highest BCUT2D eigenvalue weighted by Gasteiger charge is 2.21. The van der Waals surface area contributed by atoms with Gasteiger partial charge in [-0.3, -0.25) is 9.36 Å². The van der Waals surface area contributed by atoms with Crippen LogP contribution in [-0.2, 0) is 6.54 Å². The third-order valence-electron chi connectivity index (χ3n) is 5.13. The number of hydrogen-bond acceptors (Lipinski definition) is 4. The molecular formula is C22H29N3OS. The van der Waals surface area contributed by atoms with Crippen molar-refractivity contribution in [2.75, 3.05) is 19.6 Å². The highest BCUT2D eigenvalue weighted by atomic mass is 32.1. The standard InChI is InChI=1S/C22H29N3OS/c1-6-24(7-2)13-14-25-20(15(3)4)23-21-19(22(25)26)18(16(5)27-21)17-11-9-8-10-12-17/h8-12,15H,6-7,13-14H2,1-5H3. The van der Waals surface area contributed by atoms with Crippen LogP contribution in [0.3, 0.4) is 0 Å². The van der Waals surface area contributed by atoms with Gasteiger partial charge in [0.05, 0.1) is 5.39 Å². The minimum absolute atomic E-state index is 0.0964. The molecule has 4 nitrogen and oxygen atoms in total. The summed E-state index contributed by atoms with van der Waals surface area (Å²) in [6.07, 6.45) is 0. The third-order valence-corrected chi connectivity index (χ3v) is 6.13. The minimum atomic E-state index is 0.0964. The maximum absolute atomic E-state index is 13.6. The first kappa shape index (κ1) is 19.8. The maximum atomic E-state index is 13.6. The molecule has 3 rings (SSSR count). The Kier molecular flexibility index (Phi) is 6.12. The van der Waals surface area contributed by atoms with E-state index in [4.69, 9.17) is 4.98 Å². The molecule has 1 aromatic carbocycles. The highest BCUT2D eigenvalue weighted by Crippen LogP contribution is 2.36. The molecule has 27 heavy (non-hydrogen) atoms. The summed E-state index contributed by atoms with van der Waals surface area (Å²) in [5.41, 5.74) is 2.23. The fourth-order valence-corrected chi connectivity index (χ4v) is 4.64. The molecule has 0 amide bonds. The van der Waals surface area contributed by atoms with E-state index in [9.17, 15) is 4.79 Å². The number of aryl methyl sites for hydroxylation is 1. The Labute approximate surface area is 165 Å². The quantitative estimate of drug-likeness (QED) is 0.582. The topological polar surface area (TPSA) is 38.1 Å². The number of likely N-dealkylation sites (N-methyl/N-ethyl adjacent to an activating group) is 1. The van der Waals surface area contributed by atoms with Gasteiger partial charge in [0.25, 0.3) is 5.56 Å². The molecule has 0 saturated heterocycles. The van der Waals surface area contributed by atoms with Gasteiger partial charge in [-0.1, -0.05) is 58.0 Å². The van der Waals surface area contributed by atoms with Gasteiger partial charge in [0.15, 0.2) is 0 Å². The zero-order valence-electron chi connectivity index (χ0n) is 17.0. The molecule has 0 spiro atoms. The molecular weight excluding hydrogens is 354 g/mol. The van der Waals surface area contributed by atoms with E-state index in [1.807, 2.05) is 22.8 Å². The van der Waals surface area contributed by atoms with Crippen LogP contribution in [0.15, 0.2) is 35.1 Å². The second kappa shape index (κ2) is 8.36. The summed E-state index contributed by atoms with van der Waals surface area (Å²) in [5.74, 6) is 1.10. The smallest absolute Gasteiger partial charge is 0.262 e. The zero-order valence-corrected chi connectivity index (χ0v) is 17.8. The van der Waals surface area contributed by atoms with Gasteiger partial charge in [0.2, 0.25) is 0 Å². The van der Waals surface area contributed by atoms with E-state index in [1.54, 1.807) is 11.3 Å². The molecule has 2 aromatic heterocycles. The van der Waals surface area contributed by atoms with Crippen LogP contribution >= 0.6 is 11.3 Å². The van der Waals surface area contributed by atoms with Crippen molar-refractivity contribution in [3.63, 3.8) is 0 Å². The first-order chi connectivity index (χ1) is 13.0. The Morgan fingerprint density at radius 3 is 2.41 bits per heavy atom. The number of aromatic nitrogens is 2. The summed E-state index contributed by atoms with van der Waals surface area (Å²) in [4.78, 5) is 22.9. The van der Waals surface area contributed by atoms with Gasteiger partial charge in [-0.05, 0) is 25.6 Å². The lowest BCUT2D eigenvalue weighted by Crippen LogP contribution is -2.33. The van der Waals surface area contributed by atoms with Crippen molar-refractivity contribution in [3.05, 3.63) is 51.4 Å². The molecule has 0 aliphatic carbocycles. The largest absolute Gasteiger partial charge is 0.302 e. The van der Waals surface area contributed by atoms with Crippen LogP contribution in [0.25, 0.3) is 21.3 Å². The van der Waals surface area contributed by atoms with Crippen molar-refractivity contribution < 1.29 is 0 Å². The lowest BCUT2D eigenvalue weighted by Gasteiger charge is -2.21. The normalized spacial score (nSPS) is 11.8. The third kappa shape index (κ3) is 3.85. The lowest BCUT2D eigenvalue weighted by atomic mass is 10.0. The van der Waals surface area contributed by atoms with Crippen LogP contribution in [0.1, 0.15) is 44.3 Å². The Balaban J connectivity index is 2.20. The fraction of sp³-hybridized carbons (Fsp3) is 0.455. The van der Waals surface area contributed by atoms with Gasteiger partial charge in [-0.25, -0.2) is 4.98 Å². The van der Waals surface area contributed by atoms with E-state index in [0.717, 1.165) is 51.7 Å². The number of nitrogens with zero attached hydrogens (tertiary/aromatic N) is 3.